The fraction of sp³-hybridized carbons (Fsp3) is 0.211. The van der Waals surface area contributed by atoms with Crippen LogP contribution >= 0.6 is 0 Å². The third-order valence-corrected chi connectivity index (χ3v) is 3.69. The molecule has 26 heavy (non-hydrogen) atoms. The summed E-state index contributed by atoms with van der Waals surface area (Å²) >= 11 is 0. The van der Waals surface area contributed by atoms with Crippen LogP contribution in [0.4, 0.5) is 10.1 Å². The molecule has 0 aliphatic carbocycles. The second kappa shape index (κ2) is 8.75. The van der Waals surface area contributed by atoms with E-state index in [0.29, 0.717) is 11.3 Å². The lowest BCUT2D eigenvalue weighted by Crippen LogP contribution is -2.39. The minimum absolute atomic E-state index is 0.0133. The first-order valence-electron chi connectivity index (χ1n) is 7.89. The van der Waals surface area contributed by atoms with Gasteiger partial charge in [0.05, 0.1) is 12.7 Å². The third kappa shape index (κ3) is 4.89. The maximum atomic E-state index is 13.6. The number of hydrogen-bond donors (Lipinski definition) is 1. The van der Waals surface area contributed by atoms with E-state index in [0.717, 1.165) is 0 Å². The quantitative estimate of drug-likeness (QED) is 0.804. The van der Waals surface area contributed by atoms with Gasteiger partial charge in [-0.1, -0.05) is 24.3 Å². The van der Waals surface area contributed by atoms with Crippen molar-refractivity contribution in [3.05, 3.63) is 65.5 Å². The summed E-state index contributed by atoms with van der Waals surface area (Å²) in [4.78, 5) is 37.0. The molecule has 6 nitrogen and oxygen atoms in total. The van der Waals surface area contributed by atoms with Crippen LogP contribution in [0, 0.1) is 5.82 Å². The van der Waals surface area contributed by atoms with Gasteiger partial charge in [0.2, 0.25) is 11.8 Å². The van der Waals surface area contributed by atoms with Crippen molar-refractivity contribution in [2.75, 3.05) is 18.6 Å². The van der Waals surface area contributed by atoms with E-state index in [-0.39, 0.29) is 24.6 Å². The average molecular weight is 358 g/mol. The van der Waals surface area contributed by atoms with E-state index in [1.165, 1.54) is 31.1 Å². The van der Waals surface area contributed by atoms with Crippen LogP contribution in [-0.4, -0.2) is 31.4 Å². The van der Waals surface area contributed by atoms with Crippen LogP contribution in [0.1, 0.15) is 22.8 Å². The van der Waals surface area contributed by atoms with Gasteiger partial charge in [-0.15, -0.1) is 0 Å². The standard InChI is InChI=1S/C19H19FN2O4/c1-13(23)22(16-8-5-7-14(10-16)19(25)26-2)12-18(24)21-11-15-6-3-4-9-17(15)20/h3-10H,11-12H2,1-2H3,(H,21,24). The Hall–Kier alpha value is -3.22. The highest BCUT2D eigenvalue weighted by atomic mass is 19.1. The van der Waals surface area contributed by atoms with Crippen molar-refractivity contribution >= 4 is 23.5 Å². The largest absolute Gasteiger partial charge is 0.465 e. The van der Waals surface area contributed by atoms with Crippen molar-refractivity contribution in [1.82, 2.24) is 5.32 Å². The molecule has 7 heteroatoms. The number of nitrogens with one attached hydrogen (secondary N) is 1. The van der Waals surface area contributed by atoms with E-state index in [9.17, 15) is 18.8 Å². The van der Waals surface area contributed by atoms with E-state index in [1.54, 1.807) is 36.4 Å². The number of esters is 1. The summed E-state index contributed by atoms with van der Waals surface area (Å²) in [5.41, 5.74) is 1.01. The Labute approximate surface area is 150 Å². The van der Waals surface area contributed by atoms with Gasteiger partial charge in [0.15, 0.2) is 0 Å². The molecule has 0 aromatic heterocycles. The second-order valence-corrected chi connectivity index (χ2v) is 5.52. The van der Waals surface area contributed by atoms with Crippen LogP contribution in [0.5, 0.6) is 0 Å². The van der Waals surface area contributed by atoms with Crippen molar-refractivity contribution in [3.8, 4) is 0 Å². The molecule has 0 saturated carbocycles. The van der Waals surface area contributed by atoms with Crippen molar-refractivity contribution < 1.29 is 23.5 Å². The first-order chi connectivity index (χ1) is 12.4. The molecule has 2 aromatic rings. The monoisotopic (exact) mass is 358 g/mol. The molecule has 0 fully saturated rings. The Bertz CT molecular complexity index is 823. The summed E-state index contributed by atoms with van der Waals surface area (Å²) in [6.45, 7) is 1.07. The number of anilines is 1. The molecular formula is C19H19FN2O4. The number of carbonyl (C=O) groups is 3. The van der Waals surface area contributed by atoms with Crippen molar-refractivity contribution in [2.24, 2.45) is 0 Å². The maximum Gasteiger partial charge on any atom is 0.337 e. The topological polar surface area (TPSA) is 75.7 Å². The number of halogens is 1. The third-order valence-electron chi connectivity index (χ3n) is 3.69. The number of rotatable bonds is 6. The molecule has 0 spiro atoms. The summed E-state index contributed by atoms with van der Waals surface area (Å²) in [5, 5.41) is 2.58. The van der Waals surface area contributed by atoms with E-state index in [1.807, 2.05) is 0 Å². The van der Waals surface area contributed by atoms with E-state index in [2.05, 4.69) is 10.1 Å². The molecule has 0 radical (unpaired) electrons. The van der Waals surface area contributed by atoms with E-state index < -0.39 is 17.7 Å². The SMILES string of the molecule is COC(=O)c1cccc(N(CC(=O)NCc2ccccc2F)C(C)=O)c1. The normalized spacial score (nSPS) is 10.1. The number of ether oxygens (including phenoxy) is 1. The molecule has 2 rings (SSSR count). The zero-order chi connectivity index (χ0) is 19.1. The fourth-order valence-corrected chi connectivity index (χ4v) is 2.34. The molecule has 0 bridgehead atoms. The van der Waals surface area contributed by atoms with Crippen LogP contribution in [0.15, 0.2) is 48.5 Å². The zero-order valence-corrected chi connectivity index (χ0v) is 14.5. The predicted molar refractivity (Wildman–Crippen MR) is 94.1 cm³/mol. The summed E-state index contributed by atoms with van der Waals surface area (Å²) in [6, 6.07) is 12.3. The highest BCUT2D eigenvalue weighted by Gasteiger charge is 2.17. The number of hydrogen-bond acceptors (Lipinski definition) is 4. The lowest BCUT2D eigenvalue weighted by molar-refractivity contribution is -0.123. The van der Waals surface area contributed by atoms with Gasteiger partial charge in [-0.25, -0.2) is 9.18 Å². The minimum Gasteiger partial charge on any atom is -0.465 e. The molecule has 0 saturated heterocycles. The Morgan fingerprint density at radius 1 is 1.12 bits per heavy atom. The Balaban J connectivity index is 2.08. The van der Waals surface area contributed by atoms with Crippen molar-refractivity contribution in [3.63, 3.8) is 0 Å². The van der Waals surface area contributed by atoms with Gasteiger partial charge in [-0.2, -0.15) is 0 Å². The Kier molecular flexibility index (Phi) is 6.43. The zero-order valence-electron chi connectivity index (χ0n) is 14.5. The summed E-state index contributed by atoms with van der Waals surface area (Å²) in [5.74, 6) is -1.78. The molecule has 0 aliphatic heterocycles. The molecule has 0 unspecified atom stereocenters. The number of carbonyl (C=O) groups excluding carboxylic acids is 3. The first-order valence-corrected chi connectivity index (χ1v) is 7.89. The van der Waals surface area contributed by atoms with Gasteiger partial charge < -0.3 is 15.0 Å². The summed E-state index contributed by atoms with van der Waals surface area (Å²) in [6.07, 6.45) is 0. The van der Waals surface area contributed by atoms with Crippen LogP contribution in [0.2, 0.25) is 0 Å². The molecule has 2 amide bonds. The van der Waals surface area contributed by atoms with Gasteiger partial charge in [-0.05, 0) is 24.3 Å². The van der Waals surface area contributed by atoms with E-state index in [4.69, 9.17) is 0 Å². The molecule has 0 aliphatic rings. The number of nitrogens with zero attached hydrogens (tertiary/aromatic N) is 1. The van der Waals surface area contributed by atoms with Crippen LogP contribution in [-0.2, 0) is 20.9 Å². The Morgan fingerprint density at radius 3 is 2.50 bits per heavy atom. The van der Waals surface area contributed by atoms with Crippen LogP contribution < -0.4 is 10.2 Å². The molecule has 1 N–H and O–H groups in total. The number of benzene rings is 2. The fourth-order valence-electron chi connectivity index (χ4n) is 2.34. The number of amides is 2. The number of methoxy groups -OCH3 is 1. The summed E-state index contributed by atoms with van der Waals surface area (Å²) in [7, 11) is 1.26. The van der Waals surface area contributed by atoms with Crippen molar-refractivity contribution in [1.29, 1.82) is 0 Å². The van der Waals surface area contributed by atoms with Crippen LogP contribution in [0.3, 0.4) is 0 Å². The highest BCUT2D eigenvalue weighted by Crippen LogP contribution is 2.17. The maximum absolute atomic E-state index is 13.6. The Morgan fingerprint density at radius 2 is 1.85 bits per heavy atom. The minimum atomic E-state index is -0.542. The molecular weight excluding hydrogens is 339 g/mol. The van der Waals surface area contributed by atoms with Gasteiger partial charge >= 0.3 is 5.97 Å². The van der Waals surface area contributed by atoms with Gasteiger partial charge in [0.25, 0.3) is 0 Å². The summed E-state index contributed by atoms with van der Waals surface area (Å²) < 4.78 is 18.2. The average Bonchev–Trinajstić information content (AvgIpc) is 2.64. The van der Waals surface area contributed by atoms with E-state index >= 15 is 0 Å². The van der Waals surface area contributed by atoms with Gasteiger partial charge in [0, 0.05) is 24.7 Å². The second-order valence-electron chi connectivity index (χ2n) is 5.52. The van der Waals surface area contributed by atoms with Crippen LogP contribution in [0.25, 0.3) is 0 Å². The molecule has 0 atom stereocenters. The molecule has 0 heterocycles. The van der Waals surface area contributed by atoms with Gasteiger partial charge in [0.1, 0.15) is 12.4 Å². The van der Waals surface area contributed by atoms with Gasteiger partial charge in [-0.3, -0.25) is 9.59 Å². The lowest BCUT2D eigenvalue weighted by atomic mass is 10.2. The molecule has 136 valence electrons. The highest BCUT2D eigenvalue weighted by molar-refractivity contribution is 5.99. The first kappa shape index (κ1) is 19.1. The predicted octanol–water partition coefficient (Wildman–Crippen LogP) is 2.28. The lowest BCUT2D eigenvalue weighted by Gasteiger charge is -2.21. The van der Waals surface area contributed by atoms with Crippen molar-refractivity contribution in [2.45, 2.75) is 13.5 Å². The smallest absolute Gasteiger partial charge is 0.337 e. The molecule has 2 aromatic carbocycles.